The van der Waals surface area contributed by atoms with Crippen LogP contribution in [0.3, 0.4) is 0 Å². The number of hydrogen-bond donors (Lipinski definition) is 0. The molecule has 0 heterocycles. The molecule has 0 aromatic rings. The molecule has 0 spiro atoms. The molecule has 88 valence electrons. The molecule has 0 aliphatic rings. The van der Waals surface area contributed by atoms with E-state index in [1.807, 2.05) is 6.92 Å². The van der Waals surface area contributed by atoms with Crippen LogP contribution in [0.15, 0.2) is 0 Å². The maximum Gasteiger partial charge on any atom is 0.307 e. The van der Waals surface area contributed by atoms with E-state index in [1.54, 1.807) is 12.0 Å². The van der Waals surface area contributed by atoms with Crippen LogP contribution in [-0.4, -0.2) is 50.7 Å². The van der Waals surface area contributed by atoms with Crippen molar-refractivity contribution in [3.8, 4) is 0 Å². The van der Waals surface area contributed by atoms with E-state index in [0.717, 1.165) is 0 Å². The van der Waals surface area contributed by atoms with E-state index in [9.17, 15) is 9.59 Å². The Hall–Kier alpha value is -1.10. The lowest BCUT2D eigenvalue weighted by Gasteiger charge is -2.19. The monoisotopic (exact) mass is 217 g/mol. The summed E-state index contributed by atoms with van der Waals surface area (Å²) in [6.45, 7) is 3.29. The van der Waals surface area contributed by atoms with Crippen LogP contribution in [0.1, 0.15) is 19.8 Å². The van der Waals surface area contributed by atoms with E-state index in [-0.39, 0.29) is 18.3 Å². The van der Waals surface area contributed by atoms with E-state index < -0.39 is 0 Å². The van der Waals surface area contributed by atoms with E-state index in [4.69, 9.17) is 4.74 Å². The molecule has 0 aromatic heterocycles. The Bertz CT molecular complexity index is 206. The molecule has 0 bridgehead atoms. The van der Waals surface area contributed by atoms with Crippen molar-refractivity contribution in [2.75, 3.05) is 33.9 Å². The standard InChI is InChI=1S/C10H19NO4/c1-4-11(7-5-10(13)15-3)9(12)6-8-14-2/h4-8H2,1-3H3. The van der Waals surface area contributed by atoms with Gasteiger partial charge < -0.3 is 14.4 Å². The first kappa shape index (κ1) is 13.9. The van der Waals surface area contributed by atoms with Crippen LogP contribution in [0.2, 0.25) is 0 Å². The smallest absolute Gasteiger partial charge is 0.307 e. The molecule has 5 nitrogen and oxygen atoms in total. The third kappa shape index (κ3) is 6.06. The largest absolute Gasteiger partial charge is 0.469 e. The number of methoxy groups -OCH3 is 2. The minimum absolute atomic E-state index is 0.00301. The third-order valence-electron chi connectivity index (χ3n) is 2.07. The van der Waals surface area contributed by atoms with Gasteiger partial charge in [0.2, 0.25) is 5.91 Å². The predicted molar refractivity (Wildman–Crippen MR) is 55.4 cm³/mol. The Balaban J connectivity index is 3.90. The predicted octanol–water partition coefficient (Wildman–Crippen LogP) is 0.434. The van der Waals surface area contributed by atoms with Gasteiger partial charge in [0.25, 0.3) is 0 Å². The molecule has 0 atom stereocenters. The molecule has 0 radical (unpaired) electrons. The normalized spacial score (nSPS) is 9.80. The van der Waals surface area contributed by atoms with Crippen LogP contribution in [0.25, 0.3) is 0 Å². The van der Waals surface area contributed by atoms with Crippen molar-refractivity contribution >= 4 is 11.9 Å². The molecule has 0 unspecified atom stereocenters. The van der Waals surface area contributed by atoms with Gasteiger partial charge in [0.1, 0.15) is 0 Å². The summed E-state index contributed by atoms with van der Waals surface area (Å²) in [4.78, 5) is 24.0. The van der Waals surface area contributed by atoms with Crippen LogP contribution in [0.5, 0.6) is 0 Å². The van der Waals surface area contributed by atoms with Crippen molar-refractivity contribution in [3.05, 3.63) is 0 Å². The molecule has 0 aliphatic carbocycles. The summed E-state index contributed by atoms with van der Waals surface area (Å²) in [7, 11) is 2.89. The highest BCUT2D eigenvalue weighted by Gasteiger charge is 2.12. The fourth-order valence-electron chi connectivity index (χ4n) is 1.13. The summed E-state index contributed by atoms with van der Waals surface area (Å²) < 4.78 is 9.32. The van der Waals surface area contributed by atoms with E-state index in [2.05, 4.69) is 4.74 Å². The molecule has 0 saturated carbocycles. The molecule has 1 amide bonds. The minimum atomic E-state index is -0.298. The number of nitrogens with zero attached hydrogens (tertiary/aromatic N) is 1. The number of carbonyl (C=O) groups is 2. The van der Waals surface area contributed by atoms with Gasteiger partial charge >= 0.3 is 5.97 Å². The topological polar surface area (TPSA) is 55.8 Å². The fourth-order valence-corrected chi connectivity index (χ4v) is 1.13. The van der Waals surface area contributed by atoms with Gasteiger partial charge in [-0.05, 0) is 6.92 Å². The van der Waals surface area contributed by atoms with Gasteiger partial charge in [-0.3, -0.25) is 9.59 Å². The maximum absolute atomic E-state index is 11.5. The Labute approximate surface area is 90.3 Å². The van der Waals surface area contributed by atoms with Crippen molar-refractivity contribution in [2.24, 2.45) is 0 Å². The maximum atomic E-state index is 11.5. The Morgan fingerprint density at radius 1 is 1.20 bits per heavy atom. The summed E-state index contributed by atoms with van der Waals surface area (Å²) in [5, 5.41) is 0. The average molecular weight is 217 g/mol. The molecule has 0 aromatic carbocycles. The second-order valence-electron chi connectivity index (χ2n) is 3.04. The molecule has 0 saturated heterocycles. The molecule has 0 N–H and O–H groups in total. The number of ether oxygens (including phenoxy) is 2. The zero-order chi connectivity index (χ0) is 11.7. The van der Waals surface area contributed by atoms with E-state index in [0.29, 0.717) is 26.1 Å². The molecule has 0 rings (SSSR count). The number of amides is 1. The first-order valence-electron chi connectivity index (χ1n) is 4.99. The highest BCUT2D eigenvalue weighted by Crippen LogP contribution is 1.97. The van der Waals surface area contributed by atoms with Gasteiger partial charge in [-0.15, -0.1) is 0 Å². The zero-order valence-electron chi connectivity index (χ0n) is 9.62. The molecule has 15 heavy (non-hydrogen) atoms. The number of esters is 1. The molecule has 0 fully saturated rings. The Kier molecular flexibility index (Phi) is 7.62. The zero-order valence-corrected chi connectivity index (χ0v) is 9.62. The molecular weight excluding hydrogens is 198 g/mol. The summed E-state index contributed by atoms with van der Waals surface area (Å²) in [5.74, 6) is -0.295. The summed E-state index contributed by atoms with van der Waals surface area (Å²) in [6, 6.07) is 0. The first-order valence-corrected chi connectivity index (χ1v) is 4.99. The van der Waals surface area contributed by atoms with Crippen molar-refractivity contribution in [2.45, 2.75) is 19.8 Å². The van der Waals surface area contributed by atoms with Crippen molar-refractivity contribution < 1.29 is 19.1 Å². The first-order chi connectivity index (χ1) is 7.15. The van der Waals surface area contributed by atoms with Crippen LogP contribution in [0, 0.1) is 0 Å². The lowest BCUT2D eigenvalue weighted by atomic mass is 10.3. The van der Waals surface area contributed by atoms with Gasteiger partial charge in [-0.1, -0.05) is 0 Å². The Morgan fingerprint density at radius 2 is 1.87 bits per heavy atom. The van der Waals surface area contributed by atoms with E-state index in [1.165, 1.54) is 7.11 Å². The average Bonchev–Trinajstić information content (AvgIpc) is 2.26. The summed E-state index contributed by atoms with van der Waals surface area (Å²) in [5.41, 5.74) is 0. The van der Waals surface area contributed by atoms with Crippen molar-refractivity contribution in [1.29, 1.82) is 0 Å². The second-order valence-corrected chi connectivity index (χ2v) is 3.04. The van der Waals surface area contributed by atoms with Gasteiger partial charge in [-0.25, -0.2) is 0 Å². The summed E-state index contributed by atoms with van der Waals surface area (Å²) in [6.07, 6.45) is 0.592. The molecule has 0 aliphatic heterocycles. The SMILES string of the molecule is CCN(CCC(=O)OC)C(=O)CCOC. The lowest BCUT2D eigenvalue weighted by molar-refractivity contribution is -0.141. The van der Waals surface area contributed by atoms with Crippen molar-refractivity contribution in [1.82, 2.24) is 4.90 Å². The quantitative estimate of drug-likeness (QED) is 0.580. The fraction of sp³-hybridized carbons (Fsp3) is 0.800. The number of rotatable bonds is 7. The van der Waals surface area contributed by atoms with Gasteiger partial charge in [-0.2, -0.15) is 0 Å². The van der Waals surface area contributed by atoms with Crippen molar-refractivity contribution in [3.63, 3.8) is 0 Å². The molecular formula is C10H19NO4. The minimum Gasteiger partial charge on any atom is -0.469 e. The van der Waals surface area contributed by atoms with Gasteiger partial charge in [0.15, 0.2) is 0 Å². The van der Waals surface area contributed by atoms with Gasteiger partial charge in [0, 0.05) is 20.2 Å². The Morgan fingerprint density at radius 3 is 2.33 bits per heavy atom. The summed E-state index contributed by atoms with van der Waals surface area (Å²) >= 11 is 0. The molecule has 5 heteroatoms. The third-order valence-corrected chi connectivity index (χ3v) is 2.07. The highest BCUT2D eigenvalue weighted by atomic mass is 16.5. The second kappa shape index (κ2) is 8.23. The van der Waals surface area contributed by atoms with Crippen LogP contribution in [0.4, 0.5) is 0 Å². The lowest BCUT2D eigenvalue weighted by Crippen LogP contribution is -2.33. The highest BCUT2D eigenvalue weighted by molar-refractivity contribution is 5.77. The van der Waals surface area contributed by atoms with Crippen LogP contribution >= 0.6 is 0 Å². The van der Waals surface area contributed by atoms with Gasteiger partial charge in [0.05, 0.1) is 26.6 Å². The number of hydrogen-bond acceptors (Lipinski definition) is 4. The van der Waals surface area contributed by atoms with Crippen LogP contribution in [-0.2, 0) is 19.1 Å². The van der Waals surface area contributed by atoms with Crippen LogP contribution < -0.4 is 0 Å². The van der Waals surface area contributed by atoms with E-state index >= 15 is 0 Å². The number of carbonyl (C=O) groups excluding carboxylic acids is 2.